The van der Waals surface area contributed by atoms with Crippen molar-refractivity contribution in [3.63, 3.8) is 0 Å². The van der Waals surface area contributed by atoms with Crippen molar-refractivity contribution in [2.75, 3.05) is 11.9 Å². The molecule has 0 aliphatic rings. The van der Waals surface area contributed by atoms with Crippen molar-refractivity contribution in [2.45, 2.75) is 13.8 Å². The van der Waals surface area contributed by atoms with Crippen LogP contribution in [0.5, 0.6) is 0 Å². The number of para-hydroxylation sites is 1. The average molecular weight is 469 g/mol. The molecular weight excluding hydrogens is 444 g/mol. The topological polar surface area (TPSA) is 103 Å². The zero-order valence-electron chi connectivity index (χ0n) is 19.3. The van der Waals surface area contributed by atoms with Crippen LogP contribution < -0.4 is 5.32 Å². The molecule has 0 bridgehead atoms. The summed E-state index contributed by atoms with van der Waals surface area (Å²) in [5, 5.41) is 7.10. The van der Waals surface area contributed by atoms with Gasteiger partial charge in [-0.25, -0.2) is 14.5 Å². The first-order chi connectivity index (χ1) is 16.9. The second kappa shape index (κ2) is 10.6. The first-order valence-corrected chi connectivity index (χ1v) is 11.1. The third-order valence-electron chi connectivity index (χ3n) is 5.16. The number of anilines is 1. The monoisotopic (exact) mass is 468 g/mol. The highest BCUT2D eigenvalue weighted by molar-refractivity contribution is 5.99. The lowest BCUT2D eigenvalue weighted by atomic mass is 10.1. The Morgan fingerprint density at radius 1 is 0.886 bits per heavy atom. The van der Waals surface area contributed by atoms with Crippen molar-refractivity contribution in [1.82, 2.24) is 14.8 Å². The van der Waals surface area contributed by atoms with Crippen molar-refractivity contribution < 1.29 is 19.1 Å². The molecule has 35 heavy (non-hydrogen) atoms. The molecule has 1 heterocycles. The van der Waals surface area contributed by atoms with E-state index in [1.807, 2.05) is 60.7 Å². The van der Waals surface area contributed by atoms with Crippen LogP contribution in [0, 0.1) is 5.92 Å². The van der Waals surface area contributed by atoms with E-state index in [9.17, 15) is 14.4 Å². The Morgan fingerprint density at radius 3 is 2.14 bits per heavy atom. The number of esters is 1. The number of nitrogens with zero attached hydrogens (tertiary/aromatic N) is 3. The second-order valence-corrected chi connectivity index (χ2v) is 8.09. The first kappa shape index (κ1) is 23.6. The molecule has 0 unspecified atom stereocenters. The lowest BCUT2D eigenvalue weighted by Crippen LogP contribution is -2.18. The number of ether oxygens (including phenoxy) is 1. The van der Waals surface area contributed by atoms with Crippen LogP contribution in [-0.2, 0) is 9.53 Å². The third-order valence-corrected chi connectivity index (χ3v) is 5.16. The lowest BCUT2D eigenvalue weighted by molar-refractivity contribution is -0.118. The molecular formula is C27H24N4O4. The van der Waals surface area contributed by atoms with Crippen molar-refractivity contribution in [2.24, 2.45) is 5.92 Å². The molecule has 0 saturated heterocycles. The predicted molar refractivity (Wildman–Crippen MR) is 131 cm³/mol. The molecule has 0 aliphatic heterocycles. The Bertz CT molecular complexity index is 1270. The molecule has 0 spiro atoms. The SMILES string of the molecule is CC(C)C(=O)Nc1ccc(C(=O)COC(=O)c2nc(-c3ccccc3)n(-c3ccccc3)n2)cc1. The van der Waals surface area contributed by atoms with Gasteiger partial charge in [0.05, 0.1) is 5.69 Å². The van der Waals surface area contributed by atoms with E-state index >= 15 is 0 Å². The number of ketones is 1. The minimum Gasteiger partial charge on any atom is -0.451 e. The van der Waals surface area contributed by atoms with E-state index in [1.54, 1.807) is 42.8 Å². The lowest BCUT2D eigenvalue weighted by Gasteiger charge is -2.08. The molecule has 3 aromatic carbocycles. The van der Waals surface area contributed by atoms with Gasteiger partial charge in [-0.2, -0.15) is 0 Å². The highest BCUT2D eigenvalue weighted by atomic mass is 16.5. The minimum absolute atomic E-state index is 0.115. The summed E-state index contributed by atoms with van der Waals surface area (Å²) >= 11 is 0. The Hall–Kier alpha value is -4.59. The predicted octanol–water partition coefficient (Wildman–Crippen LogP) is 4.57. The van der Waals surface area contributed by atoms with Crippen molar-refractivity contribution in [3.05, 3.63) is 96.3 Å². The number of hydrogen-bond acceptors (Lipinski definition) is 6. The molecule has 1 aromatic heterocycles. The Labute approximate surface area is 202 Å². The largest absolute Gasteiger partial charge is 0.451 e. The molecule has 176 valence electrons. The van der Waals surface area contributed by atoms with Crippen LogP contribution in [0.1, 0.15) is 34.8 Å². The van der Waals surface area contributed by atoms with Gasteiger partial charge in [0.1, 0.15) is 0 Å². The Morgan fingerprint density at radius 2 is 1.51 bits per heavy atom. The maximum Gasteiger partial charge on any atom is 0.378 e. The number of rotatable bonds is 8. The van der Waals surface area contributed by atoms with Crippen LogP contribution in [0.2, 0.25) is 0 Å². The third kappa shape index (κ3) is 5.67. The summed E-state index contributed by atoms with van der Waals surface area (Å²) in [5.41, 5.74) is 2.46. The van der Waals surface area contributed by atoms with E-state index in [0.717, 1.165) is 11.3 Å². The van der Waals surface area contributed by atoms with Gasteiger partial charge in [-0.1, -0.05) is 62.4 Å². The van der Waals surface area contributed by atoms with E-state index in [4.69, 9.17) is 4.74 Å². The zero-order valence-corrected chi connectivity index (χ0v) is 19.3. The highest BCUT2D eigenvalue weighted by Gasteiger charge is 2.21. The van der Waals surface area contributed by atoms with Crippen LogP contribution >= 0.6 is 0 Å². The Kier molecular flexibility index (Phi) is 7.11. The number of hydrogen-bond donors (Lipinski definition) is 1. The van der Waals surface area contributed by atoms with Crippen LogP contribution in [0.4, 0.5) is 5.69 Å². The maximum absolute atomic E-state index is 12.7. The normalized spacial score (nSPS) is 10.7. The maximum atomic E-state index is 12.7. The van der Waals surface area contributed by atoms with Crippen molar-refractivity contribution >= 4 is 23.3 Å². The van der Waals surface area contributed by atoms with Crippen molar-refractivity contribution in [1.29, 1.82) is 0 Å². The van der Waals surface area contributed by atoms with E-state index in [2.05, 4.69) is 15.4 Å². The second-order valence-electron chi connectivity index (χ2n) is 8.09. The number of carbonyl (C=O) groups excluding carboxylic acids is 3. The standard InChI is InChI=1S/C27H24N4O4/c1-18(2)26(33)28-21-15-13-19(14-16-21)23(32)17-35-27(34)24-29-25(20-9-5-3-6-10-20)31(30-24)22-11-7-4-8-12-22/h3-16,18H,17H2,1-2H3,(H,28,33). The summed E-state index contributed by atoms with van der Waals surface area (Å²) < 4.78 is 6.78. The number of nitrogens with one attached hydrogen (secondary N) is 1. The average Bonchev–Trinajstić information content (AvgIpc) is 3.34. The van der Waals surface area contributed by atoms with Gasteiger partial charge < -0.3 is 10.1 Å². The van der Waals surface area contributed by atoms with E-state index in [-0.39, 0.29) is 23.4 Å². The minimum atomic E-state index is -0.800. The van der Waals surface area contributed by atoms with Gasteiger partial charge in [0.15, 0.2) is 18.2 Å². The molecule has 0 saturated carbocycles. The fourth-order valence-corrected chi connectivity index (χ4v) is 3.23. The molecule has 0 fully saturated rings. The fraction of sp³-hybridized carbons (Fsp3) is 0.148. The molecule has 1 N–H and O–H groups in total. The summed E-state index contributed by atoms with van der Waals surface area (Å²) in [4.78, 5) is 41.4. The molecule has 8 nitrogen and oxygen atoms in total. The zero-order chi connectivity index (χ0) is 24.8. The molecule has 1 amide bonds. The Balaban J connectivity index is 1.47. The molecule has 4 aromatic rings. The number of aromatic nitrogens is 3. The van der Waals surface area contributed by atoms with E-state index in [0.29, 0.717) is 17.1 Å². The van der Waals surface area contributed by atoms with Crippen LogP contribution in [-0.4, -0.2) is 39.0 Å². The van der Waals surface area contributed by atoms with Gasteiger partial charge >= 0.3 is 5.97 Å². The molecule has 0 aliphatic carbocycles. The molecule has 0 atom stereocenters. The number of amides is 1. The molecule has 8 heteroatoms. The van der Waals surface area contributed by atoms with Gasteiger partial charge in [-0.3, -0.25) is 9.59 Å². The number of Topliss-reactive ketones (excluding diaryl/α,β-unsaturated/α-hetero) is 1. The van der Waals surface area contributed by atoms with Gasteiger partial charge in [-0.15, -0.1) is 5.10 Å². The van der Waals surface area contributed by atoms with Gasteiger partial charge in [0, 0.05) is 22.7 Å². The summed E-state index contributed by atoms with van der Waals surface area (Å²) in [7, 11) is 0. The van der Waals surface area contributed by atoms with Gasteiger partial charge in [-0.05, 0) is 36.4 Å². The quantitative estimate of drug-likeness (QED) is 0.300. The summed E-state index contributed by atoms with van der Waals surface area (Å²) in [6.45, 7) is 3.13. The fourth-order valence-electron chi connectivity index (χ4n) is 3.23. The number of carbonyl (C=O) groups is 3. The summed E-state index contributed by atoms with van der Waals surface area (Å²) in [6.07, 6.45) is 0. The summed E-state index contributed by atoms with van der Waals surface area (Å²) in [6, 6.07) is 25.1. The molecule has 0 radical (unpaired) electrons. The van der Waals surface area contributed by atoms with Crippen LogP contribution in [0.25, 0.3) is 17.1 Å². The van der Waals surface area contributed by atoms with E-state index < -0.39 is 12.6 Å². The van der Waals surface area contributed by atoms with Crippen LogP contribution in [0.3, 0.4) is 0 Å². The highest BCUT2D eigenvalue weighted by Crippen LogP contribution is 2.21. The van der Waals surface area contributed by atoms with Crippen LogP contribution in [0.15, 0.2) is 84.9 Å². The summed E-state index contributed by atoms with van der Waals surface area (Å²) in [5.74, 6) is -1.12. The van der Waals surface area contributed by atoms with Crippen molar-refractivity contribution in [3.8, 4) is 17.1 Å². The van der Waals surface area contributed by atoms with Gasteiger partial charge in [0.2, 0.25) is 5.91 Å². The van der Waals surface area contributed by atoms with Gasteiger partial charge in [0.25, 0.3) is 5.82 Å². The first-order valence-electron chi connectivity index (χ1n) is 11.1. The molecule has 4 rings (SSSR count). The van der Waals surface area contributed by atoms with E-state index in [1.165, 1.54) is 0 Å². The smallest absolute Gasteiger partial charge is 0.378 e. The number of benzene rings is 3.